The van der Waals surface area contributed by atoms with E-state index < -0.39 is 6.10 Å². The van der Waals surface area contributed by atoms with Gasteiger partial charge < -0.3 is 15.6 Å². The molecule has 0 aliphatic rings. The summed E-state index contributed by atoms with van der Waals surface area (Å²) in [6.45, 7) is 6.18. The minimum Gasteiger partial charge on any atom is -0.491 e. The van der Waals surface area contributed by atoms with E-state index >= 15 is 0 Å². The van der Waals surface area contributed by atoms with E-state index in [9.17, 15) is 5.11 Å². The van der Waals surface area contributed by atoms with Gasteiger partial charge in [-0.15, -0.1) is 0 Å². The highest BCUT2D eigenvalue weighted by molar-refractivity contribution is 5.38. The molecule has 0 aromatic heterocycles. The summed E-state index contributed by atoms with van der Waals surface area (Å²) in [5.41, 5.74) is 7.97. The molecule has 0 spiro atoms. The number of hydrogen-bond acceptors (Lipinski definition) is 3. The van der Waals surface area contributed by atoms with Gasteiger partial charge in [0.1, 0.15) is 12.4 Å². The first-order chi connectivity index (χ1) is 7.54. The van der Waals surface area contributed by atoms with Crippen LogP contribution in [0.3, 0.4) is 0 Å². The second-order valence-electron chi connectivity index (χ2n) is 4.20. The van der Waals surface area contributed by atoms with Crippen LogP contribution in [0.5, 0.6) is 5.75 Å². The summed E-state index contributed by atoms with van der Waals surface area (Å²) in [6.07, 6.45) is 0.278. The summed E-state index contributed by atoms with van der Waals surface area (Å²) in [4.78, 5) is 0. The summed E-state index contributed by atoms with van der Waals surface area (Å²) in [5, 5.41) is 9.46. The van der Waals surface area contributed by atoms with Crippen molar-refractivity contribution in [3.05, 3.63) is 29.3 Å². The second kappa shape index (κ2) is 5.87. The maximum atomic E-state index is 9.46. The minimum absolute atomic E-state index is 0.0608. The van der Waals surface area contributed by atoms with Crippen LogP contribution in [0.1, 0.15) is 37.4 Å². The van der Waals surface area contributed by atoms with Crippen molar-refractivity contribution in [3.63, 3.8) is 0 Å². The van der Waals surface area contributed by atoms with Gasteiger partial charge in [0.25, 0.3) is 0 Å². The average molecular weight is 223 g/mol. The van der Waals surface area contributed by atoms with Gasteiger partial charge in [0, 0.05) is 11.6 Å². The van der Waals surface area contributed by atoms with E-state index in [-0.39, 0.29) is 6.04 Å². The Morgan fingerprint density at radius 3 is 2.69 bits per heavy atom. The van der Waals surface area contributed by atoms with Gasteiger partial charge in [-0.05, 0) is 31.9 Å². The van der Waals surface area contributed by atoms with E-state index in [0.29, 0.717) is 13.0 Å². The maximum absolute atomic E-state index is 9.46. The molecule has 1 rings (SSSR count). The zero-order valence-electron chi connectivity index (χ0n) is 10.2. The molecule has 16 heavy (non-hydrogen) atoms. The number of rotatable bonds is 5. The van der Waals surface area contributed by atoms with Crippen LogP contribution in [0.25, 0.3) is 0 Å². The Morgan fingerprint density at radius 1 is 1.44 bits per heavy atom. The molecular formula is C13H21NO2. The van der Waals surface area contributed by atoms with Crippen molar-refractivity contribution >= 4 is 0 Å². The van der Waals surface area contributed by atoms with Crippen LogP contribution in [-0.2, 0) is 0 Å². The Kier molecular flexibility index (Phi) is 4.77. The third kappa shape index (κ3) is 3.51. The van der Waals surface area contributed by atoms with Gasteiger partial charge in [-0.3, -0.25) is 0 Å². The van der Waals surface area contributed by atoms with Crippen LogP contribution in [0.4, 0.5) is 0 Å². The predicted molar refractivity (Wildman–Crippen MR) is 65.6 cm³/mol. The van der Waals surface area contributed by atoms with Crippen LogP contribution < -0.4 is 10.5 Å². The summed E-state index contributed by atoms with van der Waals surface area (Å²) in [5.74, 6) is 0.780. The van der Waals surface area contributed by atoms with Crippen LogP contribution >= 0.6 is 0 Å². The zero-order valence-corrected chi connectivity index (χ0v) is 10.2. The molecule has 2 atom stereocenters. The van der Waals surface area contributed by atoms with Gasteiger partial charge in [-0.25, -0.2) is 0 Å². The van der Waals surface area contributed by atoms with Crippen molar-refractivity contribution in [1.82, 2.24) is 0 Å². The van der Waals surface area contributed by atoms with E-state index in [1.807, 2.05) is 39.0 Å². The van der Waals surface area contributed by atoms with Crippen molar-refractivity contribution in [2.75, 3.05) is 6.61 Å². The molecule has 3 heteroatoms. The Bertz CT molecular complexity index is 337. The largest absolute Gasteiger partial charge is 0.491 e. The molecule has 1 aromatic carbocycles. The molecule has 3 nitrogen and oxygen atoms in total. The first kappa shape index (κ1) is 13.0. The fourth-order valence-corrected chi connectivity index (χ4v) is 1.45. The molecule has 0 heterocycles. The molecule has 0 saturated carbocycles. The van der Waals surface area contributed by atoms with Crippen molar-refractivity contribution < 1.29 is 9.84 Å². The van der Waals surface area contributed by atoms with Crippen molar-refractivity contribution in [2.24, 2.45) is 5.73 Å². The number of hydrogen-bond donors (Lipinski definition) is 2. The Morgan fingerprint density at radius 2 is 2.12 bits per heavy atom. The molecule has 1 unspecified atom stereocenters. The van der Waals surface area contributed by atoms with E-state index in [1.54, 1.807) is 0 Å². The summed E-state index contributed by atoms with van der Waals surface area (Å²) >= 11 is 0. The Labute approximate surface area is 97.2 Å². The van der Waals surface area contributed by atoms with Crippen molar-refractivity contribution in [2.45, 2.75) is 39.3 Å². The molecule has 0 radical (unpaired) electrons. The normalized spacial score (nSPS) is 14.6. The number of aryl methyl sites for hydroxylation is 1. The van der Waals surface area contributed by atoms with E-state index in [4.69, 9.17) is 10.5 Å². The zero-order chi connectivity index (χ0) is 12.1. The van der Waals surface area contributed by atoms with Crippen molar-refractivity contribution in [1.29, 1.82) is 0 Å². The summed E-state index contributed by atoms with van der Waals surface area (Å²) in [7, 11) is 0. The lowest BCUT2D eigenvalue weighted by Crippen LogP contribution is -2.17. The van der Waals surface area contributed by atoms with Crippen LogP contribution in [-0.4, -0.2) is 17.8 Å². The molecule has 3 N–H and O–H groups in total. The molecule has 0 aliphatic heterocycles. The molecular weight excluding hydrogens is 202 g/mol. The van der Waals surface area contributed by atoms with Crippen LogP contribution in [0.2, 0.25) is 0 Å². The molecule has 0 bridgehead atoms. The van der Waals surface area contributed by atoms with Crippen LogP contribution in [0, 0.1) is 6.92 Å². The Balaban J connectivity index is 2.80. The third-order valence-corrected chi connectivity index (χ3v) is 2.56. The number of nitrogens with two attached hydrogens (primary N) is 1. The van der Waals surface area contributed by atoms with Gasteiger partial charge in [0.05, 0.1) is 6.10 Å². The quantitative estimate of drug-likeness (QED) is 0.804. The number of aliphatic hydroxyl groups excluding tert-OH is 1. The topological polar surface area (TPSA) is 55.5 Å². The lowest BCUT2D eigenvalue weighted by Gasteiger charge is -2.16. The maximum Gasteiger partial charge on any atom is 0.124 e. The first-order valence-electron chi connectivity index (χ1n) is 5.71. The smallest absolute Gasteiger partial charge is 0.124 e. The van der Waals surface area contributed by atoms with Gasteiger partial charge in [0.2, 0.25) is 0 Å². The first-order valence-corrected chi connectivity index (χ1v) is 5.71. The lowest BCUT2D eigenvalue weighted by molar-refractivity contribution is 0.103. The highest BCUT2D eigenvalue weighted by Gasteiger charge is 2.10. The molecule has 0 amide bonds. The number of ether oxygens (including phenoxy) is 1. The standard InChI is InChI=1S/C13H21NO2/c1-4-11(15)8-16-13-7-9(2)5-6-12(13)10(3)14/h5-7,10-11,15H,4,8,14H2,1-3H3/t10-,11?/m1/s1. The summed E-state index contributed by atoms with van der Waals surface area (Å²) < 4.78 is 5.60. The lowest BCUT2D eigenvalue weighted by atomic mass is 10.1. The SMILES string of the molecule is CCC(O)COc1cc(C)ccc1[C@@H](C)N. The van der Waals surface area contributed by atoms with Crippen LogP contribution in [0.15, 0.2) is 18.2 Å². The van der Waals surface area contributed by atoms with E-state index in [1.165, 1.54) is 0 Å². The number of benzene rings is 1. The predicted octanol–water partition coefficient (Wildman–Crippen LogP) is 2.16. The van der Waals surface area contributed by atoms with E-state index in [0.717, 1.165) is 16.9 Å². The van der Waals surface area contributed by atoms with Gasteiger partial charge in [0.15, 0.2) is 0 Å². The fraction of sp³-hybridized carbons (Fsp3) is 0.538. The molecule has 0 saturated heterocycles. The molecule has 0 fully saturated rings. The molecule has 0 aliphatic carbocycles. The number of aliphatic hydroxyl groups is 1. The monoisotopic (exact) mass is 223 g/mol. The van der Waals surface area contributed by atoms with E-state index in [2.05, 4.69) is 0 Å². The highest BCUT2D eigenvalue weighted by atomic mass is 16.5. The van der Waals surface area contributed by atoms with Gasteiger partial charge >= 0.3 is 0 Å². The summed E-state index contributed by atoms with van der Waals surface area (Å²) in [6, 6.07) is 5.89. The van der Waals surface area contributed by atoms with Gasteiger partial charge in [-0.1, -0.05) is 19.1 Å². The Hall–Kier alpha value is -1.06. The molecule has 1 aromatic rings. The minimum atomic E-state index is -0.415. The van der Waals surface area contributed by atoms with Gasteiger partial charge in [-0.2, -0.15) is 0 Å². The van der Waals surface area contributed by atoms with Crippen molar-refractivity contribution in [3.8, 4) is 5.75 Å². The third-order valence-electron chi connectivity index (χ3n) is 2.56. The highest BCUT2D eigenvalue weighted by Crippen LogP contribution is 2.25. The fourth-order valence-electron chi connectivity index (χ4n) is 1.45. The average Bonchev–Trinajstić information content (AvgIpc) is 2.25. The molecule has 90 valence electrons. The second-order valence-corrected chi connectivity index (χ2v) is 4.20.